The molecule has 154 valence electrons. The fourth-order valence-corrected chi connectivity index (χ4v) is 3.27. The van der Waals surface area contributed by atoms with E-state index < -0.39 is 0 Å². The minimum atomic E-state index is -0.264. The first-order valence-electron chi connectivity index (χ1n) is 9.61. The van der Waals surface area contributed by atoms with Gasteiger partial charge in [0.2, 0.25) is 0 Å². The summed E-state index contributed by atoms with van der Waals surface area (Å²) in [4.78, 5) is 22.5. The summed E-state index contributed by atoms with van der Waals surface area (Å²) in [6.07, 6.45) is 3.00. The quantitative estimate of drug-likeness (QED) is 0.457. The second kappa shape index (κ2) is 9.97. The normalized spacial score (nSPS) is 19.7. The molecular weight excluding hydrogens is 373 g/mol. The van der Waals surface area contributed by atoms with Crippen LogP contribution in [0.15, 0.2) is 53.8 Å². The number of amides is 1. The standard InChI is InChI=1S/C21H26FN5O2/c1-15-13-27(14-19(29-15)16-5-7-18(22)8-6-16)21(23-2)26-11-10-25-20(28)17-4-3-9-24-12-17/h3-9,12,15,19H,10-11,13-14H2,1-2H3,(H,23,26)(H,25,28). The second-order valence-electron chi connectivity index (χ2n) is 6.86. The molecule has 3 rings (SSSR count). The summed E-state index contributed by atoms with van der Waals surface area (Å²) in [6, 6.07) is 9.84. The molecular formula is C21H26FN5O2. The van der Waals surface area contributed by atoms with Crippen molar-refractivity contribution in [2.75, 3.05) is 33.2 Å². The molecule has 0 bridgehead atoms. The Hall–Kier alpha value is -3.00. The number of aromatic nitrogens is 1. The summed E-state index contributed by atoms with van der Waals surface area (Å²) in [5.41, 5.74) is 1.46. The minimum absolute atomic E-state index is 0.00244. The van der Waals surface area contributed by atoms with E-state index in [4.69, 9.17) is 4.74 Å². The third kappa shape index (κ3) is 5.74. The first kappa shape index (κ1) is 20.7. The van der Waals surface area contributed by atoms with Crippen LogP contribution in [0.5, 0.6) is 0 Å². The Kier molecular flexibility index (Phi) is 7.13. The lowest BCUT2D eigenvalue weighted by Crippen LogP contribution is -2.51. The maximum absolute atomic E-state index is 13.2. The smallest absolute Gasteiger partial charge is 0.252 e. The Bertz CT molecular complexity index is 829. The number of rotatable bonds is 5. The number of guanidine groups is 1. The van der Waals surface area contributed by atoms with Crippen LogP contribution in [0.25, 0.3) is 0 Å². The number of halogens is 1. The highest BCUT2D eigenvalue weighted by Crippen LogP contribution is 2.25. The maximum Gasteiger partial charge on any atom is 0.252 e. The van der Waals surface area contributed by atoms with E-state index in [1.165, 1.54) is 18.3 Å². The van der Waals surface area contributed by atoms with Crippen molar-refractivity contribution in [2.24, 2.45) is 4.99 Å². The first-order chi connectivity index (χ1) is 14.1. The van der Waals surface area contributed by atoms with Gasteiger partial charge in [-0.15, -0.1) is 0 Å². The van der Waals surface area contributed by atoms with E-state index in [0.29, 0.717) is 31.7 Å². The van der Waals surface area contributed by atoms with Crippen molar-refractivity contribution < 1.29 is 13.9 Å². The van der Waals surface area contributed by atoms with Crippen molar-refractivity contribution in [1.29, 1.82) is 0 Å². The Morgan fingerprint density at radius 2 is 2.00 bits per heavy atom. The van der Waals surface area contributed by atoms with E-state index >= 15 is 0 Å². The minimum Gasteiger partial charge on any atom is -0.367 e. The van der Waals surface area contributed by atoms with Gasteiger partial charge in [0.05, 0.1) is 18.2 Å². The lowest BCUT2D eigenvalue weighted by molar-refractivity contribution is -0.0604. The molecule has 1 amide bonds. The molecule has 1 aromatic carbocycles. The van der Waals surface area contributed by atoms with Crippen LogP contribution in [0.3, 0.4) is 0 Å². The van der Waals surface area contributed by atoms with Gasteiger partial charge in [-0.3, -0.25) is 14.8 Å². The number of nitrogens with one attached hydrogen (secondary N) is 2. The van der Waals surface area contributed by atoms with Crippen LogP contribution < -0.4 is 10.6 Å². The zero-order valence-electron chi connectivity index (χ0n) is 16.6. The summed E-state index contributed by atoms with van der Waals surface area (Å²) in [7, 11) is 1.73. The van der Waals surface area contributed by atoms with Gasteiger partial charge in [0.15, 0.2) is 5.96 Å². The molecule has 29 heavy (non-hydrogen) atoms. The van der Waals surface area contributed by atoms with Gasteiger partial charge in [-0.25, -0.2) is 4.39 Å². The van der Waals surface area contributed by atoms with Crippen molar-refractivity contribution in [3.05, 3.63) is 65.7 Å². The Labute approximate surface area is 170 Å². The summed E-state index contributed by atoms with van der Waals surface area (Å²) in [6.45, 7) is 4.29. The van der Waals surface area contributed by atoms with Crippen LogP contribution in [-0.4, -0.2) is 61.1 Å². The molecule has 1 aromatic heterocycles. The number of carbonyl (C=O) groups is 1. The van der Waals surface area contributed by atoms with E-state index in [9.17, 15) is 9.18 Å². The zero-order valence-corrected chi connectivity index (χ0v) is 16.6. The van der Waals surface area contributed by atoms with Crippen LogP contribution in [-0.2, 0) is 4.74 Å². The Morgan fingerprint density at radius 3 is 2.69 bits per heavy atom. The number of hydrogen-bond donors (Lipinski definition) is 2. The predicted molar refractivity (Wildman–Crippen MR) is 109 cm³/mol. The molecule has 8 heteroatoms. The number of ether oxygens (including phenoxy) is 1. The van der Waals surface area contributed by atoms with Crippen LogP contribution >= 0.6 is 0 Å². The molecule has 0 saturated carbocycles. The lowest BCUT2D eigenvalue weighted by atomic mass is 10.1. The van der Waals surface area contributed by atoms with Gasteiger partial charge >= 0.3 is 0 Å². The average Bonchev–Trinajstić information content (AvgIpc) is 2.74. The molecule has 1 aliphatic heterocycles. The van der Waals surface area contributed by atoms with Gasteiger partial charge in [0.1, 0.15) is 11.9 Å². The van der Waals surface area contributed by atoms with Gasteiger partial charge in [-0.1, -0.05) is 12.1 Å². The molecule has 2 N–H and O–H groups in total. The highest BCUT2D eigenvalue weighted by atomic mass is 19.1. The molecule has 2 aromatic rings. The van der Waals surface area contributed by atoms with Crippen LogP contribution in [0.4, 0.5) is 4.39 Å². The van der Waals surface area contributed by atoms with Gasteiger partial charge in [0, 0.05) is 39.1 Å². The van der Waals surface area contributed by atoms with Crippen molar-refractivity contribution in [3.8, 4) is 0 Å². The summed E-state index contributed by atoms with van der Waals surface area (Å²) in [5, 5.41) is 6.13. The number of benzene rings is 1. The fourth-order valence-electron chi connectivity index (χ4n) is 3.27. The number of carbonyl (C=O) groups excluding carboxylic acids is 1. The van der Waals surface area contributed by atoms with Gasteiger partial charge < -0.3 is 20.3 Å². The lowest BCUT2D eigenvalue weighted by Gasteiger charge is -2.38. The summed E-state index contributed by atoms with van der Waals surface area (Å²) >= 11 is 0. The average molecular weight is 399 g/mol. The Morgan fingerprint density at radius 1 is 1.24 bits per heavy atom. The van der Waals surface area contributed by atoms with Gasteiger partial charge in [0.25, 0.3) is 5.91 Å². The van der Waals surface area contributed by atoms with Crippen LogP contribution in [0, 0.1) is 5.82 Å². The molecule has 0 aliphatic carbocycles. The zero-order chi connectivity index (χ0) is 20.6. The van der Waals surface area contributed by atoms with E-state index in [2.05, 4.69) is 25.5 Å². The predicted octanol–water partition coefficient (Wildman–Crippen LogP) is 1.99. The number of nitrogens with zero attached hydrogens (tertiary/aromatic N) is 3. The Balaban J connectivity index is 1.52. The molecule has 0 spiro atoms. The number of aliphatic imine (C=N–C) groups is 1. The first-order valence-corrected chi connectivity index (χ1v) is 9.61. The second-order valence-corrected chi connectivity index (χ2v) is 6.86. The summed E-state index contributed by atoms with van der Waals surface area (Å²) < 4.78 is 19.2. The van der Waals surface area contributed by atoms with E-state index in [-0.39, 0.29) is 23.9 Å². The van der Waals surface area contributed by atoms with Crippen molar-refractivity contribution in [2.45, 2.75) is 19.1 Å². The van der Waals surface area contributed by atoms with Crippen LogP contribution in [0.2, 0.25) is 0 Å². The van der Waals surface area contributed by atoms with E-state index in [0.717, 1.165) is 11.5 Å². The molecule has 7 nitrogen and oxygen atoms in total. The highest BCUT2D eigenvalue weighted by Gasteiger charge is 2.28. The van der Waals surface area contributed by atoms with Crippen molar-refractivity contribution in [1.82, 2.24) is 20.5 Å². The SMILES string of the molecule is CN=C(NCCNC(=O)c1cccnc1)N1CC(C)OC(c2ccc(F)cc2)C1. The topological polar surface area (TPSA) is 78.8 Å². The molecule has 0 radical (unpaired) electrons. The monoisotopic (exact) mass is 399 g/mol. The third-order valence-corrected chi connectivity index (χ3v) is 4.63. The van der Waals surface area contributed by atoms with Gasteiger partial charge in [-0.05, 0) is 36.8 Å². The molecule has 1 fully saturated rings. The van der Waals surface area contributed by atoms with E-state index in [1.807, 2.05) is 6.92 Å². The number of pyridine rings is 1. The molecule has 2 unspecified atom stereocenters. The fraction of sp³-hybridized carbons (Fsp3) is 0.381. The van der Waals surface area contributed by atoms with Crippen molar-refractivity contribution >= 4 is 11.9 Å². The van der Waals surface area contributed by atoms with E-state index in [1.54, 1.807) is 37.5 Å². The molecule has 2 heterocycles. The van der Waals surface area contributed by atoms with Crippen molar-refractivity contribution in [3.63, 3.8) is 0 Å². The largest absolute Gasteiger partial charge is 0.367 e. The van der Waals surface area contributed by atoms with Gasteiger partial charge in [-0.2, -0.15) is 0 Å². The molecule has 1 aliphatic rings. The number of hydrogen-bond acceptors (Lipinski definition) is 4. The molecule has 1 saturated heterocycles. The third-order valence-electron chi connectivity index (χ3n) is 4.63. The number of morpholine rings is 1. The summed E-state index contributed by atoms with van der Waals surface area (Å²) in [5.74, 6) is 0.314. The van der Waals surface area contributed by atoms with Crippen LogP contribution in [0.1, 0.15) is 28.9 Å². The molecule has 2 atom stereocenters. The maximum atomic E-state index is 13.2. The highest BCUT2D eigenvalue weighted by molar-refractivity contribution is 5.93.